The Morgan fingerprint density at radius 1 is 1.14 bits per heavy atom. The summed E-state index contributed by atoms with van der Waals surface area (Å²) in [7, 11) is 0. The minimum atomic E-state index is -0.653. The highest BCUT2D eigenvalue weighted by Gasteiger charge is 2.35. The van der Waals surface area contributed by atoms with Gasteiger partial charge >= 0.3 is 0 Å². The van der Waals surface area contributed by atoms with Crippen molar-refractivity contribution in [2.75, 3.05) is 0 Å². The maximum absolute atomic E-state index is 11.3. The van der Waals surface area contributed by atoms with Crippen molar-refractivity contribution in [3.05, 3.63) is 35.5 Å². The normalized spacial score (nSPS) is 22.0. The fourth-order valence-electron chi connectivity index (χ4n) is 1.43. The highest BCUT2D eigenvalue weighted by Crippen LogP contribution is 2.24. The van der Waals surface area contributed by atoms with E-state index in [1.54, 1.807) is 12.2 Å². The van der Waals surface area contributed by atoms with E-state index in [-0.39, 0.29) is 22.1 Å². The van der Waals surface area contributed by atoms with E-state index in [4.69, 9.17) is 5.21 Å². The summed E-state index contributed by atoms with van der Waals surface area (Å²) in [6, 6.07) is 0. The SMILES string of the molecule is CC1C=CC2=C(C=C1)C(=O)N(O)C2=O. The summed E-state index contributed by atoms with van der Waals surface area (Å²) < 4.78 is 0. The smallest absolute Gasteiger partial charge is 0.278 e. The summed E-state index contributed by atoms with van der Waals surface area (Å²) in [5.74, 6) is -1.12. The first-order chi connectivity index (χ1) is 6.61. The van der Waals surface area contributed by atoms with Gasteiger partial charge in [0.1, 0.15) is 0 Å². The summed E-state index contributed by atoms with van der Waals surface area (Å²) in [6.45, 7) is 1.95. The number of carbonyl (C=O) groups excluding carboxylic acids is 2. The highest BCUT2D eigenvalue weighted by atomic mass is 16.5. The Morgan fingerprint density at radius 2 is 1.57 bits per heavy atom. The molecule has 0 saturated carbocycles. The number of imide groups is 1. The molecule has 2 aliphatic rings. The third-order valence-corrected chi connectivity index (χ3v) is 2.27. The van der Waals surface area contributed by atoms with E-state index >= 15 is 0 Å². The van der Waals surface area contributed by atoms with Gasteiger partial charge in [-0.2, -0.15) is 0 Å². The van der Waals surface area contributed by atoms with Gasteiger partial charge in [-0.1, -0.05) is 31.2 Å². The second kappa shape index (κ2) is 2.92. The zero-order valence-corrected chi connectivity index (χ0v) is 7.60. The summed E-state index contributed by atoms with van der Waals surface area (Å²) in [5, 5.41) is 9.23. The molecule has 1 N–H and O–H groups in total. The molecule has 0 saturated heterocycles. The van der Waals surface area contributed by atoms with Crippen LogP contribution in [0.3, 0.4) is 0 Å². The molecule has 0 spiro atoms. The number of hydrogen-bond acceptors (Lipinski definition) is 3. The molecule has 0 aromatic carbocycles. The lowest BCUT2D eigenvalue weighted by molar-refractivity contribution is -0.169. The van der Waals surface area contributed by atoms with Crippen molar-refractivity contribution in [1.29, 1.82) is 0 Å². The van der Waals surface area contributed by atoms with Crippen LogP contribution >= 0.6 is 0 Å². The summed E-state index contributed by atoms with van der Waals surface area (Å²) in [5.41, 5.74) is 0.524. The van der Waals surface area contributed by atoms with Gasteiger partial charge < -0.3 is 0 Å². The van der Waals surface area contributed by atoms with Crippen molar-refractivity contribution in [3.63, 3.8) is 0 Å². The van der Waals surface area contributed by atoms with Crippen LogP contribution in [0.15, 0.2) is 35.5 Å². The summed E-state index contributed by atoms with van der Waals surface area (Å²) >= 11 is 0. The minimum absolute atomic E-state index is 0.148. The minimum Gasteiger partial charge on any atom is -0.278 e. The van der Waals surface area contributed by atoms with Gasteiger partial charge in [-0.15, -0.1) is 5.06 Å². The Morgan fingerprint density at radius 3 is 2.00 bits per heavy atom. The van der Waals surface area contributed by atoms with Gasteiger partial charge in [-0.25, -0.2) is 0 Å². The quantitative estimate of drug-likeness (QED) is 0.455. The molecule has 14 heavy (non-hydrogen) atoms. The van der Waals surface area contributed by atoms with Crippen molar-refractivity contribution in [1.82, 2.24) is 5.06 Å². The standard InChI is InChI=1S/C10H9NO3/c1-6-2-4-7-8(5-3-6)10(13)11(14)9(7)12/h2-6,14H,1H3. The summed E-state index contributed by atoms with van der Waals surface area (Å²) in [4.78, 5) is 22.6. The van der Waals surface area contributed by atoms with Crippen LogP contribution in [0.1, 0.15) is 6.92 Å². The molecule has 0 radical (unpaired) electrons. The number of rotatable bonds is 0. The van der Waals surface area contributed by atoms with Crippen molar-refractivity contribution in [3.8, 4) is 0 Å². The maximum Gasteiger partial charge on any atom is 0.285 e. The predicted octanol–water partition coefficient (Wildman–Crippen LogP) is 0.803. The molecule has 2 rings (SSSR count). The van der Waals surface area contributed by atoms with Gasteiger partial charge in [0.15, 0.2) is 0 Å². The molecular weight excluding hydrogens is 182 g/mol. The number of allylic oxidation sites excluding steroid dienone is 2. The molecule has 0 atom stereocenters. The van der Waals surface area contributed by atoms with Crippen LogP contribution in [0.2, 0.25) is 0 Å². The highest BCUT2D eigenvalue weighted by molar-refractivity contribution is 6.21. The van der Waals surface area contributed by atoms with Crippen LogP contribution in [-0.4, -0.2) is 22.1 Å². The zero-order chi connectivity index (χ0) is 10.3. The number of hydroxylamine groups is 2. The predicted molar refractivity (Wildman–Crippen MR) is 48.1 cm³/mol. The Hall–Kier alpha value is -1.68. The number of amides is 2. The van der Waals surface area contributed by atoms with Crippen molar-refractivity contribution in [2.24, 2.45) is 5.92 Å². The molecular formula is C10H9NO3. The molecule has 0 fully saturated rings. The van der Waals surface area contributed by atoms with Crippen molar-refractivity contribution in [2.45, 2.75) is 6.92 Å². The first kappa shape index (κ1) is 8.90. The molecule has 1 aliphatic heterocycles. The van der Waals surface area contributed by atoms with E-state index in [0.29, 0.717) is 0 Å². The average Bonchev–Trinajstić information content (AvgIpc) is 2.34. The maximum atomic E-state index is 11.3. The second-order valence-electron chi connectivity index (χ2n) is 3.33. The monoisotopic (exact) mass is 191 g/mol. The van der Waals surface area contributed by atoms with Gasteiger partial charge in [-0.3, -0.25) is 14.8 Å². The van der Waals surface area contributed by atoms with E-state index in [9.17, 15) is 9.59 Å². The van der Waals surface area contributed by atoms with E-state index in [1.165, 1.54) is 0 Å². The lowest BCUT2D eigenvalue weighted by atomic mass is 10.1. The Kier molecular flexibility index (Phi) is 1.86. The molecule has 2 amide bonds. The molecule has 0 aromatic heterocycles. The molecule has 0 unspecified atom stereocenters. The first-order valence-corrected chi connectivity index (χ1v) is 4.29. The average molecular weight is 191 g/mol. The largest absolute Gasteiger partial charge is 0.285 e. The zero-order valence-electron chi connectivity index (χ0n) is 7.60. The third-order valence-electron chi connectivity index (χ3n) is 2.27. The topological polar surface area (TPSA) is 57.6 Å². The van der Waals surface area contributed by atoms with Crippen LogP contribution in [0.25, 0.3) is 0 Å². The van der Waals surface area contributed by atoms with Crippen molar-refractivity contribution < 1.29 is 14.8 Å². The van der Waals surface area contributed by atoms with Gasteiger partial charge in [0.25, 0.3) is 11.8 Å². The molecule has 72 valence electrons. The van der Waals surface area contributed by atoms with Crippen LogP contribution < -0.4 is 0 Å². The Labute approximate surface area is 80.8 Å². The molecule has 0 aromatic rings. The molecule has 0 bridgehead atoms. The lowest BCUT2D eigenvalue weighted by Gasteiger charge is -2.03. The van der Waals surface area contributed by atoms with Gasteiger partial charge in [0.2, 0.25) is 0 Å². The lowest BCUT2D eigenvalue weighted by Crippen LogP contribution is -2.27. The summed E-state index contributed by atoms with van der Waals surface area (Å²) in [6.07, 6.45) is 6.78. The molecule has 1 heterocycles. The van der Waals surface area contributed by atoms with Crippen molar-refractivity contribution >= 4 is 11.8 Å². The van der Waals surface area contributed by atoms with Gasteiger partial charge in [0.05, 0.1) is 11.1 Å². The van der Waals surface area contributed by atoms with E-state index < -0.39 is 11.8 Å². The van der Waals surface area contributed by atoms with Gasteiger partial charge in [-0.05, 0) is 5.92 Å². The third kappa shape index (κ3) is 1.12. The molecule has 1 aliphatic carbocycles. The van der Waals surface area contributed by atoms with E-state index in [2.05, 4.69) is 0 Å². The van der Waals surface area contributed by atoms with Crippen LogP contribution in [-0.2, 0) is 9.59 Å². The van der Waals surface area contributed by atoms with Crippen LogP contribution in [0, 0.1) is 5.92 Å². The fourth-order valence-corrected chi connectivity index (χ4v) is 1.43. The van der Waals surface area contributed by atoms with Crippen LogP contribution in [0.5, 0.6) is 0 Å². The van der Waals surface area contributed by atoms with E-state index in [0.717, 1.165) is 0 Å². The van der Waals surface area contributed by atoms with E-state index in [1.807, 2.05) is 19.1 Å². The second-order valence-corrected chi connectivity index (χ2v) is 3.33. The van der Waals surface area contributed by atoms with Crippen LogP contribution in [0.4, 0.5) is 0 Å². The number of nitrogens with zero attached hydrogens (tertiary/aromatic N) is 1. The first-order valence-electron chi connectivity index (χ1n) is 4.29. The molecule has 4 nitrogen and oxygen atoms in total. The van der Waals surface area contributed by atoms with Gasteiger partial charge in [0, 0.05) is 0 Å². The Balaban J connectivity index is 2.51. The number of hydrogen-bond donors (Lipinski definition) is 1. The Bertz CT molecular complexity index is 368. The number of carbonyl (C=O) groups is 2. The fraction of sp³-hybridized carbons (Fsp3) is 0.200. The molecule has 4 heteroatoms.